The first kappa shape index (κ1) is 34.0. The highest BCUT2D eigenvalue weighted by Crippen LogP contribution is 2.31. The van der Waals surface area contributed by atoms with Crippen LogP contribution in [0.2, 0.25) is 0 Å². The van der Waals surface area contributed by atoms with Gasteiger partial charge in [0.15, 0.2) is 0 Å². The lowest BCUT2D eigenvalue weighted by Crippen LogP contribution is -2.28. The van der Waals surface area contributed by atoms with Crippen molar-refractivity contribution in [1.82, 2.24) is 15.5 Å². The third kappa shape index (κ3) is 8.25. The first-order valence-corrected chi connectivity index (χ1v) is 17.0. The number of carboxylic acid groups (broad SMARTS) is 1. The van der Waals surface area contributed by atoms with Crippen LogP contribution < -0.4 is 10.6 Å². The van der Waals surface area contributed by atoms with E-state index in [1.807, 2.05) is 6.07 Å². The van der Waals surface area contributed by atoms with Crippen molar-refractivity contribution in [1.29, 1.82) is 0 Å². The highest BCUT2D eigenvalue weighted by atomic mass is 32.2. The van der Waals surface area contributed by atoms with Crippen molar-refractivity contribution in [2.45, 2.75) is 12.6 Å². The molecule has 3 aliphatic rings. The number of nitrogens with one attached hydrogen (secondary N) is 2. The van der Waals surface area contributed by atoms with Gasteiger partial charge in [-0.1, -0.05) is 72.2 Å². The predicted molar refractivity (Wildman–Crippen MR) is 193 cm³/mol. The molecule has 0 saturated carbocycles. The molecular weight excluding hydrogens is 710 g/mol. The SMILES string of the molecule is O=C1NC(=S)S/C1=C\c1ccc(-c2cccc(C(=O)N3CC[C@H](F)C3)c2)o1.O=C1NC(=S)S/C1=C\c1ccc(-c2cccc(C(=O)O)c2)o1. The van der Waals surface area contributed by atoms with E-state index in [-0.39, 0.29) is 29.8 Å². The number of carboxylic acids is 1. The van der Waals surface area contributed by atoms with Crippen LogP contribution in [0.5, 0.6) is 0 Å². The molecule has 0 bridgehead atoms. The topological polar surface area (TPSA) is 142 Å². The van der Waals surface area contributed by atoms with E-state index in [0.717, 1.165) is 5.56 Å². The molecular formula is C34H24FN3O7S4. The van der Waals surface area contributed by atoms with Crippen LogP contribution in [-0.2, 0) is 9.59 Å². The summed E-state index contributed by atoms with van der Waals surface area (Å²) in [6, 6.07) is 20.5. The Hall–Kier alpha value is -4.83. The number of hydrogen-bond donors (Lipinski definition) is 3. The maximum atomic E-state index is 13.4. The fraction of sp³-hybridized carbons (Fsp3) is 0.118. The van der Waals surface area contributed by atoms with Gasteiger partial charge in [0.05, 0.1) is 21.9 Å². The predicted octanol–water partition coefficient (Wildman–Crippen LogP) is 6.75. The molecule has 2 aromatic heterocycles. The van der Waals surface area contributed by atoms with Crippen molar-refractivity contribution in [3.05, 3.63) is 105 Å². The lowest BCUT2D eigenvalue weighted by molar-refractivity contribution is -0.116. The summed E-state index contributed by atoms with van der Waals surface area (Å²) in [4.78, 5) is 49.3. The largest absolute Gasteiger partial charge is 0.478 e. The van der Waals surface area contributed by atoms with E-state index in [0.29, 0.717) is 65.6 Å². The van der Waals surface area contributed by atoms with Crippen LogP contribution in [0, 0.1) is 0 Å². The lowest BCUT2D eigenvalue weighted by Gasteiger charge is -2.15. The number of halogens is 1. The third-order valence-corrected chi connectivity index (χ3v) is 9.62. The molecule has 49 heavy (non-hydrogen) atoms. The summed E-state index contributed by atoms with van der Waals surface area (Å²) < 4.78 is 25.6. The molecule has 10 nitrogen and oxygen atoms in total. The number of alkyl halides is 1. The average molecular weight is 734 g/mol. The van der Waals surface area contributed by atoms with E-state index >= 15 is 0 Å². The van der Waals surface area contributed by atoms with Crippen LogP contribution in [0.25, 0.3) is 34.8 Å². The lowest BCUT2D eigenvalue weighted by atomic mass is 10.1. The van der Waals surface area contributed by atoms with E-state index in [9.17, 15) is 23.6 Å². The van der Waals surface area contributed by atoms with Crippen LogP contribution >= 0.6 is 48.0 Å². The molecule has 248 valence electrons. The highest BCUT2D eigenvalue weighted by Gasteiger charge is 2.27. The summed E-state index contributed by atoms with van der Waals surface area (Å²) in [5.74, 6) is 0.449. The van der Waals surface area contributed by atoms with Gasteiger partial charge >= 0.3 is 5.97 Å². The zero-order chi connectivity index (χ0) is 34.7. The maximum Gasteiger partial charge on any atom is 0.335 e. The summed E-state index contributed by atoms with van der Waals surface area (Å²) in [7, 11) is 0. The molecule has 5 heterocycles. The van der Waals surface area contributed by atoms with Gasteiger partial charge in [0.1, 0.15) is 37.9 Å². The number of aromatic carboxylic acids is 1. The number of carbonyl (C=O) groups excluding carboxylic acids is 3. The van der Waals surface area contributed by atoms with Crippen LogP contribution in [0.15, 0.2) is 91.4 Å². The van der Waals surface area contributed by atoms with Crippen molar-refractivity contribution in [3.63, 3.8) is 0 Å². The Morgan fingerprint density at radius 2 is 1.33 bits per heavy atom. The first-order chi connectivity index (χ1) is 23.5. The monoisotopic (exact) mass is 733 g/mol. The Morgan fingerprint density at radius 3 is 1.78 bits per heavy atom. The Balaban J connectivity index is 0.000000174. The van der Waals surface area contributed by atoms with Crippen LogP contribution in [0.1, 0.15) is 38.7 Å². The molecule has 3 amide bonds. The number of thioether (sulfide) groups is 2. The second kappa shape index (κ2) is 14.7. The maximum absolute atomic E-state index is 13.4. The van der Waals surface area contributed by atoms with Gasteiger partial charge in [-0.05, 0) is 55.0 Å². The van der Waals surface area contributed by atoms with E-state index in [1.54, 1.807) is 66.7 Å². The van der Waals surface area contributed by atoms with E-state index in [4.69, 9.17) is 38.4 Å². The minimum Gasteiger partial charge on any atom is -0.478 e. The number of likely N-dealkylation sites (tertiary alicyclic amines) is 1. The van der Waals surface area contributed by atoms with Gasteiger partial charge in [0, 0.05) is 35.4 Å². The number of furan rings is 2. The second-order valence-corrected chi connectivity index (χ2v) is 14.2. The number of carbonyl (C=O) groups is 4. The third-order valence-electron chi connectivity index (χ3n) is 7.29. The van der Waals surface area contributed by atoms with Gasteiger partial charge in [-0.15, -0.1) is 0 Å². The molecule has 3 fully saturated rings. The fourth-order valence-corrected chi connectivity index (χ4v) is 7.02. The highest BCUT2D eigenvalue weighted by molar-refractivity contribution is 8.27. The Morgan fingerprint density at radius 1 is 0.816 bits per heavy atom. The van der Waals surface area contributed by atoms with Crippen molar-refractivity contribution in [3.8, 4) is 22.6 Å². The van der Waals surface area contributed by atoms with Crippen molar-refractivity contribution >= 4 is 92.4 Å². The Labute approximate surface area is 297 Å². The first-order valence-electron chi connectivity index (χ1n) is 14.6. The summed E-state index contributed by atoms with van der Waals surface area (Å²) >= 11 is 12.2. The number of rotatable bonds is 6. The Bertz CT molecular complexity index is 2090. The molecule has 4 aromatic rings. The number of thiocarbonyl (C=S) groups is 2. The van der Waals surface area contributed by atoms with Gasteiger partial charge < -0.3 is 29.5 Å². The smallest absolute Gasteiger partial charge is 0.335 e. The van der Waals surface area contributed by atoms with Gasteiger partial charge in [-0.2, -0.15) is 0 Å². The van der Waals surface area contributed by atoms with Gasteiger partial charge in [-0.3, -0.25) is 14.4 Å². The number of benzene rings is 2. The summed E-state index contributed by atoms with van der Waals surface area (Å²) in [5.41, 5.74) is 2.07. The average Bonchev–Trinajstić information content (AvgIpc) is 3.92. The molecule has 0 aliphatic carbocycles. The zero-order valence-corrected chi connectivity index (χ0v) is 28.4. The standard InChI is InChI=1S/C19H15FN2O3S2.C15H9NO4S2/c20-13-6-7-22(10-13)18(24)12-3-1-2-11(8-12)15-5-4-14(25-15)9-16-17(23)21-19(26)27-16;17-13-12(22-15(21)16-13)7-10-4-5-11(20-10)8-2-1-3-9(6-8)14(18)19/h1-5,8-9,13H,6-7,10H2,(H,21,23,26);1-7H,(H,18,19)(H,16,17,21)/b16-9-;12-7-/t13-;/m0./s1. The number of hydrogen-bond acceptors (Lipinski definition) is 10. The van der Waals surface area contributed by atoms with Gasteiger partial charge in [0.2, 0.25) is 0 Å². The van der Waals surface area contributed by atoms with E-state index in [2.05, 4.69) is 10.6 Å². The molecule has 0 radical (unpaired) electrons. The molecule has 1 atom stereocenters. The van der Waals surface area contributed by atoms with Crippen molar-refractivity contribution in [2.75, 3.05) is 13.1 Å². The quantitative estimate of drug-likeness (QED) is 0.143. The van der Waals surface area contributed by atoms with E-state index in [1.165, 1.54) is 40.6 Å². The summed E-state index contributed by atoms with van der Waals surface area (Å²) in [6.07, 6.45) is 2.67. The van der Waals surface area contributed by atoms with Gasteiger partial charge in [-0.25, -0.2) is 9.18 Å². The van der Waals surface area contributed by atoms with E-state index < -0.39 is 12.1 Å². The molecule has 0 unspecified atom stereocenters. The second-order valence-electron chi connectivity index (χ2n) is 10.7. The Kier molecular flexibility index (Phi) is 10.2. The molecule has 3 aliphatic heterocycles. The molecule has 3 N–H and O–H groups in total. The fourth-order valence-electron chi connectivity index (χ4n) is 4.97. The van der Waals surface area contributed by atoms with Crippen LogP contribution in [-0.4, -0.2) is 61.6 Å². The minimum atomic E-state index is -0.997. The normalized spacial score (nSPS) is 18.9. The minimum absolute atomic E-state index is 0.142. The van der Waals surface area contributed by atoms with Crippen molar-refractivity contribution < 1.29 is 37.5 Å². The number of amides is 3. The van der Waals surface area contributed by atoms with Crippen LogP contribution in [0.4, 0.5) is 4.39 Å². The summed E-state index contributed by atoms with van der Waals surface area (Å²) in [5, 5.41) is 14.1. The van der Waals surface area contributed by atoms with Crippen LogP contribution in [0.3, 0.4) is 0 Å². The zero-order valence-electron chi connectivity index (χ0n) is 25.1. The molecule has 0 spiro atoms. The van der Waals surface area contributed by atoms with Crippen molar-refractivity contribution in [2.24, 2.45) is 0 Å². The molecule has 7 rings (SSSR count). The van der Waals surface area contributed by atoms with Gasteiger partial charge in [0.25, 0.3) is 17.7 Å². The molecule has 15 heteroatoms. The summed E-state index contributed by atoms with van der Waals surface area (Å²) in [6.45, 7) is 0.577. The molecule has 3 saturated heterocycles. The number of nitrogens with zero attached hydrogens (tertiary/aromatic N) is 1. The molecule has 2 aromatic carbocycles.